The van der Waals surface area contributed by atoms with Crippen LogP contribution < -0.4 is 4.83 Å². The SMILES string of the molecule is O=S(=O)(N/N=C1\C=C2CCCC[C@H]2CC1)c1ccccc1. The summed E-state index contributed by atoms with van der Waals surface area (Å²) in [4.78, 5) is 2.60. The summed E-state index contributed by atoms with van der Waals surface area (Å²) in [7, 11) is -3.56. The van der Waals surface area contributed by atoms with Crippen LogP contribution >= 0.6 is 0 Å². The molecule has 1 aromatic rings. The van der Waals surface area contributed by atoms with Crippen LogP contribution in [0, 0.1) is 5.92 Å². The van der Waals surface area contributed by atoms with E-state index >= 15 is 0 Å². The fourth-order valence-corrected chi connectivity index (χ4v) is 3.95. The number of sulfonamides is 1. The standard InChI is InChI=1S/C16H20N2O2S/c19-21(20,16-8-2-1-3-9-16)18-17-15-11-10-13-6-4-5-7-14(13)12-15/h1-3,8-9,12-13,18H,4-7,10-11H2/b17-15-/t13-/m0/s1. The first-order valence-corrected chi connectivity index (χ1v) is 8.97. The number of rotatable bonds is 3. The van der Waals surface area contributed by atoms with Gasteiger partial charge in [-0.1, -0.05) is 30.2 Å². The molecule has 0 bridgehead atoms. The van der Waals surface area contributed by atoms with Crippen LogP contribution in [-0.2, 0) is 10.0 Å². The predicted octanol–water partition coefficient (Wildman–Crippen LogP) is 3.23. The average molecular weight is 304 g/mol. The molecule has 5 heteroatoms. The van der Waals surface area contributed by atoms with Crippen molar-refractivity contribution in [3.63, 3.8) is 0 Å². The third kappa shape index (κ3) is 3.35. The molecule has 1 atom stereocenters. The van der Waals surface area contributed by atoms with Gasteiger partial charge in [0.2, 0.25) is 0 Å². The second-order valence-electron chi connectivity index (χ2n) is 5.71. The summed E-state index contributed by atoms with van der Waals surface area (Å²) in [6, 6.07) is 8.34. The van der Waals surface area contributed by atoms with E-state index in [1.807, 2.05) is 0 Å². The highest BCUT2D eigenvalue weighted by atomic mass is 32.2. The van der Waals surface area contributed by atoms with E-state index in [9.17, 15) is 8.42 Å². The van der Waals surface area contributed by atoms with Gasteiger partial charge in [0.1, 0.15) is 0 Å². The molecular formula is C16H20N2O2S. The van der Waals surface area contributed by atoms with Crippen LogP contribution in [-0.4, -0.2) is 14.1 Å². The Hall–Kier alpha value is -1.62. The monoisotopic (exact) mass is 304 g/mol. The summed E-state index contributed by atoms with van der Waals surface area (Å²) in [5, 5.41) is 4.12. The first-order valence-electron chi connectivity index (χ1n) is 7.49. The Balaban J connectivity index is 1.75. The summed E-state index contributed by atoms with van der Waals surface area (Å²) >= 11 is 0. The summed E-state index contributed by atoms with van der Waals surface area (Å²) in [5.74, 6) is 0.698. The van der Waals surface area contributed by atoms with Crippen molar-refractivity contribution < 1.29 is 8.42 Å². The van der Waals surface area contributed by atoms with Gasteiger partial charge in [0, 0.05) is 0 Å². The third-order valence-corrected chi connectivity index (χ3v) is 5.48. The van der Waals surface area contributed by atoms with Gasteiger partial charge in [0.25, 0.3) is 10.0 Å². The Morgan fingerprint density at radius 3 is 2.67 bits per heavy atom. The van der Waals surface area contributed by atoms with Gasteiger partial charge in [-0.2, -0.15) is 18.4 Å². The maximum absolute atomic E-state index is 12.1. The van der Waals surface area contributed by atoms with Crippen molar-refractivity contribution >= 4 is 15.7 Å². The molecule has 0 heterocycles. The van der Waals surface area contributed by atoms with Gasteiger partial charge < -0.3 is 0 Å². The number of hydrazone groups is 1. The lowest BCUT2D eigenvalue weighted by atomic mass is 9.77. The second-order valence-corrected chi connectivity index (χ2v) is 7.37. The van der Waals surface area contributed by atoms with Crippen LogP contribution in [0.2, 0.25) is 0 Å². The molecule has 3 rings (SSSR count). The van der Waals surface area contributed by atoms with Crippen molar-refractivity contribution in [2.45, 2.75) is 43.4 Å². The van der Waals surface area contributed by atoms with Crippen molar-refractivity contribution in [1.29, 1.82) is 0 Å². The lowest BCUT2D eigenvalue weighted by molar-refractivity contribution is 0.428. The van der Waals surface area contributed by atoms with Crippen molar-refractivity contribution in [3.8, 4) is 0 Å². The van der Waals surface area contributed by atoms with Crippen LogP contribution in [0.4, 0.5) is 0 Å². The van der Waals surface area contributed by atoms with E-state index in [-0.39, 0.29) is 4.90 Å². The molecule has 0 radical (unpaired) electrons. The molecule has 1 aromatic carbocycles. The molecule has 0 amide bonds. The number of fused-ring (bicyclic) bond motifs is 1. The van der Waals surface area contributed by atoms with Crippen molar-refractivity contribution in [1.82, 2.24) is 4.83 Å². The van der Waals surface area contributed by atoms with Crippen LogP contribution in [0.25, 0.3) is 0 Å². The zero-order chi connectivity index (χ0) is 14.7. The van der Waals surface area contributed by atoms with E-state index in [1.165, 1.54) is 24.8 Å². The Kier molecular flexibility index (Phi) is 4.10. The molecule has 2 aliphatic carbocycles. The average Bonchev–Trinajstić information content (AvgIpc) is 2.54. The van der Waals surface area contributed by atoms with E-state index in [0.29, 0.717) is 5.92 Å². The molecule has 0 unspecified atom stereocenters. The number of benzene rings is 1. The summed E-state index contributed by atoms with van der Waals surface area (Å²) in [5.41, 5.74) is 2.30. The Morgan fingerprint density at radius 2 is 1.86 bits per heavy atom. The Labute approximate surface area is 126 Å². The number of hydrogen-bond acceptors (Lipinski definition) is 3. The van der Waals surface area contributed by atoms with Crippen LogP contribution in [0.15, 0.2) is 52.0 Å². The van der Waals surface area contributed by atoms with Gasteiger partial charge in [-0.05, 0) is 56.2 Å². The topological polar surface area (TPSA) is 58.5 Å². The first-order chi connectivity index (χ1) is 10.1. The Bertz CT molecular complexity index is 663. The molecule has 0 saturated heterocycles. The minimum Gasteiger partial charge on any atom is -0.200 e. The molecular weight excluding hydrogens is 284 g/mol. The van der Waals surface area contributed by atoms with Crippen molar-refractivity contribution in [2.75, 3.05) is 0 Å². The van der Waals surface area contributed by atoms with Gasteiger partial charge in [0.15, 0.2) is 0 Å². The maximum Gasteiger partial charge on any atom is 0.276 e. The zero-order valence-electron chi connectivity index (χ0n) is 12.0. The smallest absolute Gasteiger partial charge is 0.200 e. The van der Waals surface area contributed by atoms with Gasteiger partial charge in [0.05, 0.1) is 10.6 Å². The highest BCUT2D eigenvalue weighted by molar-refractivity contribution is 7.89. The highest BCUT2D eigenvalue weighted by Gasteiger charge is 2.23. The molecule has 21 heavy (non-hydrogen) atoms. The molecule has 2 aliphatic rings. The second kappa shape index (κ2) is 6.02. The highest BCUT2D eigenvalue weighted by Crippen LogP contribution is 2.35. The summed E-state index contributed by atoms with van der Waals surface area (Å²) in [6.45, 7) is 0. The number of nitrogens with one attached hydrogen (secondary N) is 1. The fourth-order valence-electron chi connectivity index (χ4n) is 3.10. The van der Waals surface area contributed by atoms with E-state index in [2.05, 4.69) is 16.0 Å². The summed E-state index contributed by atoms with van der Waals surface area (Å²) < 4.78 is 24.2. The number of allylic oxidation sites excluding steroid dienone is 2. The van der Waals surface area contributed by atoms with Gasteiger partial charge in [-0.15, -0.1) is 0 Å². The van der Waals surface area contributed by atoms with E-state index in [1.54, 1.807) is 30.3 Å². The minimum atomic E-state index is -3.56. The van der Waals surface area contributed by atoms with Crippen molar-refractivity contribution in [3.05, 3.63) is 42.0 Å². The zero-order valence-corrected chi connectivity index (χ0v) is 12.8. The molecule has 4 nitrogen and oxygen atoms in total. The molecule has 1 N–H and O–H groups in total. The van der Waals surface area contributed by atoms with E-state index in [4.69, 9.17) is 0 Å². The van der Waals surface area contributed by atoms with Crippen LogP contribution in [0.3, 0.4) is 0 Å². The quantitative estimate of drug-likeness (QED) is 0.872. The van der Waals surface area contributed by atoms with Gasteiger partial charge >= 0.3 is 0 Å². The Morgan fingerprint density at radius 1 is 1.05 bits per heavy atom. The lowest BCUT2D eigenvalue weighted by Gasteiger charge is -2.29. The van der Waals surface area contributed by atoms with Crippen LogP contribution in [0.5, 0.6) is 0 Å². The normalized spacial score (nSPS) is 24.3. The molecule has 0 aromatic heterocycles. The first kappa shape index (κ1) is 14.3. The predicted molar refractivity (Wildman–Crippen MR) is 83.5 cm³/mol. The lowest BCUT2D eigenvalue weighted by Crippen LogP contribution is -2.23. The van der Waals surface area contributed by atoms with Crippen LogP contribution in [0.1, 0.15) is 38.5 Å². The van der Waals surface area contributed by atoms with Gasteiger partial charge in [-0.25, -0.2) is 0 Å². The molecule has 1 fully saturated rings. The van der Waals surface area contributed by atoms with E-state index < -0.39 is 10.0 Å². The maximum atomic E-state index is 12.1. The molecule has 1 saturated carbocycles. The fraction of sp³-hybridized carbons (Fsp3) is 0.438. The largest absolute Gasteiger partial charge is 0.276 e. The summed E-state index contributed by atoms with van der Waals surface area (Å²) in [6.07, 6.45) is 9.01. The van der Waals surface area contributed by atoms with Crippen molar-refractivity contribution in [2.24, 2.45) is 11.0 Å². The molecule has 0 spiro atoms. The minimum absolute atomic E-state index is 0.244. The third-order valence-electron chi connectivity index (χ3n) is 4.26. The van der Waals surface area contributed by atoms with Gasteiger partial charge in [-0.3, -0.25) is 0 Å². The van der Waals surface area contributed by atoms with E-state index in [0.717, 1.165) is 25.0 Å². The molecule has 0 aliphatic heterocycles. The molecule has 112 valence electrons. The number of nitrogens with zero attached hydrogens (tertiary/aromatic N) is 1. The number of hydrogen-bond donors (Lipinski definition) is 1.